The molecule has 0 heterocycles. The van der Waals surface area contributed by atoms with E-state index in [1.54, 1.807) is 0 Å². The Morgan fingerprint density at radius 1 is 1.12 bits per heavy atom. The number of hydrogen-bond donors (Lipinski definition) is 1. The first-order chi connectivity index (χ1) is 8.24. The van der Waals surface area contributed by atoms with Crippen LogP contribution in [-0.4, -0.2) is 17.3 Å². The zero-order chi connectivity index (χ0) is 11.8. The first-order valence-corrected chi connectivity index (χ1v) is 6.55. The lowest BCUT2D eigenvalue weighted by molar-refractivity contribution is -0.0110. The first-order valence-electron chi connectivity index (χ1n) is 5.76. The molecule has 0 amide bonds. The molecule has 0 atom stereocenters. The maximum Gasteiger partial charge on any atom is 0.134 e. The lowest BCUT2D eigenvalue weighted by atomic mass is 9.92. The van der Waals surface area contributed by atoms with Gasteiger partial charge in [-0.15, -0.1) is 0 Å². The number of halogens is 1. The van der Waals surface area contributed by atoms with Gasteiger partial charge < -0.3 is 9.84 Å². The van der Waals surface area contributed by atoms with Gasteiger partial charge in [-0.2, -0.15) is 0 Å². The van der Waals surface area contributed by atoms with E-state index in [1.165, 1.54) is 5.39 Å². The highest BCUT2D eigenvalue weighted by atomic mass is 79.9. The highest BCUT2D eigenvalue weighted by molar-refractivity contribution is 9.10. The molecule has 0 aliphatic heterocycles. The van der Waals surface area contributed by atoms with Crippen LogP contribution in [0.2, 0.25) is 0 Å². The molecule has 1 N–H and O–H groups in total. The van der Waals surface area contributed by atoms with Crippen LogP contribution in [0.4, 0.5) is 0 Å². The second-order valence-corrected chi connectivity index (χ2v) is 5.26. The van der Waals surface area contributed by atoms with Crippen molar-refractivity contribution in [3.8, 4) is 5.75 Å². The van der Waals surface area contributed by atoms with Crippen molar-refractivity contribution in [1.29, 1.82) is 0 Å². The van der Waals surface area contributed by atoms with Crippen molar-refractivity contribution in [2.45, 2.75) is 25.0 Å². The summed E-state index contributed by atoms with van der Waals surface area (Å²) in [6.45, 7) is 0. The second-order valence-electron chi connectivity index (χ2n) is 4.46. The van der Waals surface area contributed by atoms with E-state index in [9.17, 15) is 5.11 Å². The van der Waals surface area contributed by atoms with Gasteiger partial charge in [-0.3, -0.25) is 0 Å². The van der Waals surface area contributed by atoms with Crippen molar-refractivity contribution in [3.63, 3.8) is 0 Å². The van der Waals surface area contributed by atoms with Crippen molar-refractivity contribution in [1.82, 2.24) is 0 Å². The molecule has 1 fully saturated rings. The van der Waals surface area contributed by atoms with Crippen molar-refractivity contribution in [3.05, 3.63) is 40.9 Å². The van der Waals surface area contributed by atoms with E-state index >= 15 is 0 Å². The third kappa shape index (κ3) is 2.05. The Labute approximate surface area is 108 Å². The van der Waals surface area contributed by atoms with E-state index in [0.717, 1.165) is 28.5 Å². The van der Waals surface area contributed by atoms with Gasteiger partial charge >= 0.3 is 0 Å². The van der Waals surface area contributed by atoms with E-state index in [4.69, 9.17) is 4.74 Å². The van der Waals surface area contributed by atoms with Crippen molar-refractivity contribution < 1.29 is 9.84 Å². The summed E-state index contributed by atoms with van der Waals surface area (Å²) in [6.07, 6.45) is 1.44. The van der Waals surface area contributed by atoms with Crippen LogP contribution in [0.3, 0.4) is 0 Å². The highest BCUT2D eigenvalue weighted by Gasteiger charge is 2.29. The summed E-state index contributed by atoms with van der Waals surface area (Å²) >= 11 is 3.59. The Morgan fingerprint density at radius 2 is 1.88 bits per heavy atom. The Balaban J connectivity index is 1.92. The summed E-state index contributed by atoms with van der Waals surface area (Å²) in [7, 11) is 0. The van der Waals surface area contributed by atoms with Crippen molar-refractivity contribution >= 4 is 26.7 Å². The predicted octanol–water partition coefficient (Wildman–Crippen LogP) is 3.50. The van der Waals surface area contributed by atoms with E-state index in [2.05, 4.69) is 34.1 Å². The third-order valence-electron chi connectivity index (χ3n) is 3.19. The zero-order valence-corrected chi connectivity index (χ0v) is 10.9. The Kier molecular flexibility index (Phi) is 2.81. The molecule has 3 rings (SSSR count). The summed E-state index contributed by atoms with van der Waals surface area (Å²) in [4.78, 5) is 0. The van der Waals surface area contributed by atoms with Gasteiger partial charge in [0.2, 0.25) is 0 Å². The summed E-state index contributed by atoms with van der Waals surface area (Å²) in [5, 5.41) is 11.6. The lowest BCUT2D eigenvalue weighted by Gasteiger charge is -2.32. The van der Waals surface area contributed by atoms with E-state index < -0.39 is 0 Å². The smallest absolute Gasteiger partial charge is 0.134 e. The van der Waals surface area contributed by atoms with Gasteiger partial charge in [-0.25, -0.2) is 0 Å². The first kappa shape index (κ1) is 11.1. The molecule has 1 aliphatic rings. The topological polar surface area (TPSA) is 29.5 Å². The highest BCUT2D eigenvalue weighted by Crippen LogP contribution is 2.35. The molecule has 0 bridgehead atoms. The Bertz CT molecular complexity index is 547. The van der Waals surface area contributed by atoms with Crippen LogP contribution in [0.1, 0.15) is 12.8 Å². The molecule has 2 aromatic carbocycles. The average Bonchev–Trinajstić information content (AvgIpc) is 2.31. The number of ether oxygens (including phenoxy) is 1. The normalized spacial score (nSPS) is 23.4. The average molecular weight is 293 g/mol. The monoisotopic (exact) mass is 292 g/mol. The molecule has 0 saturated heterocycles. The third-order valence-corrected chi connectivity index (χ3v) is 4.01. The molecule has 17 heavy (non-hydrogen) atoms. The van der Waals surface area contributed by atoms with Crippen LogP contribution < -0.4 is 4.74 Å². The Hall–Kier alpha value is -1.06. The van der Waals surface area contributed by atoms with Crippen molar-refractivity contribution in [2.24, 2.45) is 0 Å². The molecular formula is C14H13BrO2. The number of hydrogen-bond acceptors (Lipinski definition) is 2. The molecule has 88 valence electrons. The largest absolute Gasteiger partial charge is 0.489 e. The molecule has 1 aliphatic carbocycles. The number of rotatable bonds is 2. The van der Waals surface area contributed by atoms with Gasteiger partial charge in [-0.1, -0.05) is 30.3 Å². The summed E-state index contributed by atoms with van der Waals surface area (Å²) in [5.74, 6) is 0.862. The molecule has 0 radical (unpaired) electrons. The van der Waals surface area contributed by atoms with E-state index in [-0.39, 0.29) is 12.2 Å². The number of aliphatic hydroxyl groups is 1. The molecule has 0 unspecified atom stereocenters. The fourth-order valence-corrected chi connectivity index (χ4v) is 2.70. The summed E-state index contributed by atoms with van der Waals surface area (Å²) in [5.41, 5.74) is 0. The van der Waals surface area contributed by atoms with Crippen LogP contribution in [0, 0.1) is 0 Å². The van der Waals surface area contributed by atoms with Gasteiger partial charge in [0.1, 0.15) is 11.9 Å². The van der Waals surface area contributed by atoms with Gasteiger partial charge in [0.25, 0.3) is 0 Å². The fraction of sp³-hybridized carbons (Fsp3) is 0.286. The summed E-state index contributed by atoms with van der Waals surface area (Å²) in [6, 6.07) is 12.2. The van der Waals surface area contributed by atoms with Crippen molar-refractivity contribution in [2.75, 3.05) is 0 Å². The molecular weight excluding hydrogens is 280 g/mol. The lowest BCUT2D eigenvalue weighted by Crippen LogP contribution is -2.37. The minimum atomic E-state index is -0.181. The maximum absolute atomic E-state index is 9.25. The molecule has 0 aromatic heterocycles. The van der Waals surface area contributed by atoms with Crippen LogP contribution >= 0.6 is 15.9 Å². The predicted molar refractivity (Wildman–Crippen MR) is 71.3 cm³/mol. The molecule has 0 spiro atoms. The molecule has 2 nitrogen and oxygen atoms in total. The minimum Gasteiger partial charge on any atom is -0.489 e. The quantitative estimate of drug-likeness (QED) is 0.918. The SMILES string of the molecule is OC1CC(Oc2ccc3ccccc3c2Br)C1. The number of fused-ring (bicyclic) bond motifs is 1. The van der Waals surface area contributed by atoms with Crippen LogP contribution in [-0.2, 0) is 0 Å². The molecule has 2 aromatic rings. The number of aliphatic hydroxyl groups excluding tert-OH is 1. The van der Waals surface area contributed by atoms with E-state index in [0.29, 0.717) is 0 Å². The van der Waals surface area contributed by atoms with Crippen LogP contribution in [0.5, 0.6) is 5.75 Å². The van der Waals surface area contributed by atoms with Gasteiger partial charge in [-0.05, 0) is 32.8 Å². The minimum absolute atomic E-state index is 0.155. The van der Waals surface area contributed by atoms with Gasteiger partial charge in [0.05, 0.1) is 10.6 Å². The second kappa shape index (κ2) is 4.31. The summed E-state index contributed by atoms with van der Waals surface area (Å²) < 4.78 is 6.85. The zero-order valence-electron chi connectivity index (χ0n) is 9.27. The number of benzene rings is 2. The Morgan fingerprint density at radius 3 is 2.65 bits per heavy atom. The maximum atomic E-state index is 9.25. The molecule has 3 heteroatoms. The van der Waals surface area contributed by atoms with E-state index in [1.807, 2.05) is 18.2 Å². The standard InChI is InChI=1S/C14H13BrO2/c15-14-12-4-2-1-3-9(12)5-6-13(14)17-11-7-10(16)8-11/h1-6,10-11,16H,7-8H2. The van der Waals surface area contributed by atoms with Crippen LogP contribution in [0.25, 0.3) is 10.8 Å². The fourth-order valence-electron chi connectivity index (χ4n) is 2.12. The van der Waals surface area contributed by atoms with Crippen LogP contribution in [0.15, 0.2) is 40.9 Å². The molecule has 1 saturated carbocycles. The van der Waals surface area contributed by atoms with Gasteiger partial charge in [0.15, 0.2) is 0 Å². The van der Waals surface area contributed by atoms with Gasteiger partial charge in [0, 0.05) is 12.8 Å².